The van der Waals surface area contributed by atoms with Gasteiger partial charge in [-0.05, 0) is 29.3 Å². The molecule has 11 heteroatoms. The lowest BCUT2D eigenvalue weighted by molar-refractivity contribution is -0.138. The van der Waals surface area contributed by atoms with E-state index in [0.29, 0.717) is 11.6 Å². The number of halogens is 3. The van der Waals surface area contributed by atoms with Crippen LogP contribution in [-0.4, -0.2) is 46.1 Å². The second-order valence-electron chi connectivity index (χ2n) is 8.22. The van der Waals surface area contributed by atoms with Crippen LogP contribution in [0.15, 0.2) is 42.6 Å². The first-order chi connectivity index (χ1) is 16.7. The molecule has 0 bridgehead atoms. The fourth-order valence-electron chi connectivity index (χ4n) is 4.09. The number of hydrogen-bond donors (Lipinski definition) is 4. The van der Waals surface area contributed by atoms with Crippen molar-refractivity contribution in [3.63, 3.8) is 0 Å². The Bertz CT molecular complexity index is 1210. The lowest BCUT2D eigenvalue weighted by Crippen LogP contribution is -2.23. The van der Waals surface area contributed by atoms with Gasteiger partial charge in [-0.3, -0.25) is 9.89 Å². The maximum absolute atomic E-state index is 13.7. The van der Waals surface area contributed by atoms with E-state index in [-0.39, 0.29) is 48.2 Å². The van der Waals surface area contributed by atoms with E-state index < -0.39 is 24.5 Å². The van der Waals surface area contributed by atoms with Gasteiger partial charge in [-0.15, -0.1) is 0 Å². The van der Waals surface area contributed by atoms with Crippen molar-refractivity contribution >= 4 is 11.7 Å². The molecule has 186 valence electrons. The van der Waals surface area contributed by atoms with Gasteiger partial charge in [0.15, 0.2) is 17.3 Å². The summed E-state index contributed by atoms with van der Waals surface area (Å²) >= 11 is 0. The molecule has 0 fully saturated rings. The molecule has 0 saturated carbocycles. The number of aromatic amines is 1. The molecule has 4 N–H and O–H groups in total. The van der Waals surface area contributed by atoms with Gasteiger partial charge in [0.2, 0.25) is 5.91 Å². The van der Waals surface area contributed by atoms with Gasteiger partial charge in [-0.25, -0.2) is 0 Å². The third-order valence-corrected chi connectivity index (χ3v) is 5.83. The van der Waals surface area contributed by atoms with Crippen molar-refractivity contribution < 1.29 is 37.7 Å². The maximum Gasteiger partial charge on any atom is 0.416 e. The number of alkyl halides is 3. The van der Waals surface area contributed by atoms with E-state index in [1.807, 2.05) is 0 Å². The van der Waals surface area contributed by atoms with Gasteiger partial charge < -0.3 is 25.0 Å². The second-order valence-corrected chi connectivity index (χ2v) is 8.22. The zero-order chi connectivity index (χ0) is 25.2. The Labute approximate surface area is 198 Å². The summed E-state index contributed by atoms with van der Waals surface area (Å²) in [5.41, 5.74) is 0.880. The molecule has 2 atom stereocenters. The van der Waals surface area contributed by atoms with Crippen LogP contribution in [0.4, 0.5) is 19.0 Å². The highest BCUT2D eigenvalue weighted by molar-refractivity contribution is 5.94. The number of carbonyl (C=O) groups is 1. The van der Waals surface area contributed by atoms with E-state index in [0.717, 1.165) is 17.2 Å². The molecule has 8 nitrogen and oxygen atoms in total. The predicted molar refractivity (Wildman–Crippen MR) is 119 cm³/mol. The van der Waals surface area contributed by atoms with E-state index in [1.165, 1.54) is 19.2 Å². The summed E-state index contributed by atoms with van der Waals surface area (Å²) in [6, 6.07) is 8.74. The van der Waals surface area contributed by atoms with Crippen LogP contribution in [0.3, 0.4) is 0 Å². The number of nitrogens with one attached hydrogen (secondary N) is 2. The maximum atomic E-state index is 13.7. The molecule has 2 aromatic carbocycles. The van der Waals surface area contributed by atoms with E-state index >= 15 is 0 Å². The Hall–Kier alpha value is -3.57. The molecule has 35 heavy (non-hydrogen) atoms. The number of H-pyrrole nitrogens is 1. The van der Waals surface area contributed by atoms with E-state index in [4.69, 9.17) is 14.6 Å². The lowest BCUT2D eigenvalue weighted by atomic mass is 9.87. The number of amides is 1. The molecule has 0 radical (unpaired) electrons. The van der Waals surface area contributed by atoms with Gasteiger partial charge in [0.1, 0.15) is 6.61 Å². The number of carbonyl (C=O) groups excluding carboxylic acids is 1. The van der Waals surface area contributed by atoms with Gasteiger partial charge in [-0.2, -0.15) is 18.3 Å². The summed E-state index contributed by atoms with van der Waals surface area (Å²) < 4.78 is 52.1. The minimum Gasteiger partial charge on any atom is -0.493 e. The van der Waals surface area contributed by atoms with Crippen LogP contribution < -0.4 is 14.8 Å². The number of hydrogen-bond acceptors (Lipinski definition) is 6. The molecule has 1 aromatic heterocycles. The van der Waals surface area contributed by atoms with Gasteiger partial charge in [0.25, 0.3) is 0 Å². The average Bonchev–Trinajstić information content (AvgIpc) is 3.30. The molecular weight excluding hydrogens is 467 g/mol. The number of fused-ring (bicyclic) bond motifs is 1. The summed E-state index contributed by atoms with van der Waals surface area (Å²) in [6.07, 6.45) is -3.96. The third-order valence-electron chi connectivity index (χ3n) is 5.83. The van der Waals surface area contributed by atoms with Crippen molar-refractivity contribution in [3.8, 4) is 11.5 Å². The number of aliphatic hydroxyl groups is 2. The fourth-order valence-corrected chi connectivity index (χ4v) is 4.09. The number of methoxy groups -OCH3 is 1. The smallest absolute Gasteiger partial charge is 0.416 e. The number of ether oxygens (including phenoxy) is 2. The molecule has 2 unspecified atom stereocenters. The molecule has 4 rings (SSSR count). The highest BCUT2D eigenvalue weighted by Crippen LogP contribution is 2.40. The normalized spacial score (nSPS) is 16.4. The van der Waals surface area contributed by atoms with Crippen LogP contribution in [0.25, 0.3) is 0 Å². The van der Waals surface area contributed by atoms with Crippen LogP contribution >= 0.6 is 0 Å². The molecule has 0 saturated heterocycles. The van der Waals surface area contributed by atoms with Crippen LogP contribution in [-0.2, 0) is 24.0 Å². The molecule has 1 amide bonds. The van der Waals surface area contributed by atoms with Crippen molar-refractivity contribution in [2.75, 3.05) is 19.0 Å². The van der Waals surface area contributed by atoms with E-state index in [9.17, 15) is 23.1 Å². The summed E-state index contributed by atoms with van der Waals surface area (Å²) in [6.45, 7) is -0.916. The molecule has 0 aliphatic carbocycles. The SMILES string of the molecule is COc1cc(C2CC(=O)Nc3n[nH]cc32)ccc1OCc1ccc(CC(O)CO)cc1C(F)(F)F. The molecule has 0 spiro atoms. The zero-order valence-corrected chi connectivity index (χ0v) is 18.7. The topological polar surface area (TPSA) is 117 Å². The monoisotopic (exact) mass is 491 g/mol. The van der Waals surface area contributed by atoms with Crippen molar-refractivity contribution in [3.05, 3.63) is 70.4 Å². The minimum absolute atomic E-state index is 0.0853. The highest BCUT2D eigenvalue weighted by atomic mass is 19.4. The number of rotatable bonds is 8. The van der Waals surface area contributed by atoms with E-state index in [1.54, 1.807) is 24.4 Å². The molecule has 1 aliphatic heterocycles. The second kappa shape index (κ2) is 9.96. The number of aromatic nitrogens is 2. The summed E-state index contributed by atoms with van der Waals surface area (Å²) in [5.74, 6) is 0.578. The number of benzene rings is 2. The van der Waals surface area contributed by atoms with Crippen LogP contribution in [0.1, 0.15) is 40.2 Å². The van der Waals surface area contributed by atoms with Gasteiger partial charge in [0, 0.05) is 36.1 Å². The Morgan fingerprint density at radius 1 is 1.20 bits per heavy atom. The van der Waals surface area contributed by atoms with Crippen molar-refractivity contribution in [1.29, 1.82) is 0 Å². The van der Waals surface area contributed by atoms with Gasteiger partial charge in [-0.1, -0.05) is 18.2 Å². The fraction of sp³-hybridized carbons (Fsp3) is 0.333. The molecular formula is C24H24F3N3O5. The first kappa shape index (κ1) is 24.6. The highest BCUT2D eigenvalue weighted by Gasteiger charge is 2.34. The Morgan fingerprint density at radius 2 is 2.00 bits per heavy atom. The zero-order valence-electron chi connectivity index (χ0n) is 18.7. The quantitative estimate of drug-likeness (QED) is 0.384. The predicted octanol–water partition coefficient (Wildman–Crippen LogP) is 3.39. The lowest BCUT2D eigenvalue weighted by Gasteiger charge is -2.23. The van der Waals surface area contributed by atoms with Crippen molar-refractivity contribution in [2.45, 2.75) is 37.6 Å². The van der Waals surface area contributed by atoms with Crippen molar-refractivity contribution in [2.24, 2.45) is 0 Å². The Balaban J connectivity index is 1.56. The summed E-state index contributed by atoms with van der Waals surface area (Å²) in [7, 11) is 1.42. The molecule has 3 aromatic rings. The Kier molecular flexibility index (Phi) is 6.99. The molecule has 2 heterocycles. The van der Waals surface area contributed by atoms with Gasteiger partial charge >= 0.3 is 6.18 Å². The van der Waals surface area contributed by atoms with E-state index in [2.05, 4.69) is 15.5 Å². The van der Waals surface area contributed by atoms with Gasteiger partial charge in [0.05, 0.1) is 25.4 Å². The summed E-state index contributed by atoms with van der Waals surface area (Å²) in [5, 5.41) is 28.0. The van der Waals surface area contributed by atoms with Crippen LogP contribution in [0.2, 0.25) is 0 Å². The third kappa shape index (κ3) is 5.41. The number of aliphatic hydroxyl groups excluding tert-OH is 2. The molecule has 1 aliphatic rings. The number of anilines is 1. The van der Waals surface area contributed by atoms with Crippen molar-refractivity contribution in [1.82, 2.24) is 10.2 Å². The Morgan fingerprint density at radius 3 is 2.71 bits per heavy atom. The minimum atomic E-state index is -4.63. The van der Waals surface area contributed by atoms with Crippen LogP contribution in [0.5, 0.6) is 11.5 Å². The first-order valence-electron chi connectivity index (χ1n) is 10.8. The number of nitrogens with zero attached hydrogens (tertiary/aromatic N) is 1. The largest absolute Gasteiger partial charge is 0.493 e. The summed E-state index contributed by atoms with van der Waals surface area (Å²) in [4.78, 5) is 12.1. The standard InChI is InChI=1S/C24H24F3N3O5/c1-34-21-8-14(17-9-22(33)29-23-18(17)10-28-30-23)4-5-20(21)35-12-15-3-2-13(6-16(32)11-31)7-19(15)24(25,26)27/h2-5,7-8,10,16-17,31-32H,6,9,11-12H2,1H3,(H2,28,29,30,33). The average molecular weight is 491 g/mol. The first-order valence-corrected chi connectivity index (χ1v) is 10.8. The van der Waals surface area contributed by atoms with Crippen LogP contribution in [0, 0.1) is 0 Å².